The van der Waals surface area contributed by atoms with Gasteiger partial charge in [-0.3, -0.25) is 4.98 Å². The maximum absolute atomic E-state index is 11.9. The molecule has 0 bridgehead atoms. The molecule has 2 aromatic heterocycles. The summed E-state index contributed by atoms with van der Waals surface area (Å²) in [7, 11) is -2.98. The molecule has 2 aliphatic rings. The fraction of sp³-hybridized carbons (Fsp3) is 0.588. The first-order chi connectivity index (χ1) is 12.0. The molecule has 4 rings (SSSR count). The summed E-state index contributed by atoms with van der Waals surface area (Å²) >= 11 is 0. The van der Waals surface area contributed by atoms with Crippen LogP contribution < -0.4 is 5.73 Å². The Bertz CT molecular complexity index is 847. The van der Waals surface area contributed by atoms with Crippen molar-refractivity contribution >= 4 is 22.2 Å². The van der Waals surface area contributed by atoms with Crippen LogP contribution in [-0.4, -0.2) is 45.7 Å². The Kier molecular flexibility index (Phi) is 5.64. The fourth-order valence-electron chi connectivity index (χ4n) is 3.83. The summed E-state index contributed by atoms with van der Waals surface area (Å²) in [6.45, 7) is 0. The summed E-state index contributed by atoms with van der Waals surface area (Å²) in [6.07, 6.45) is 6.21. The van der Waals surface area contributed by atoms with Crippen molar-refractivity contribution < 1.29 is 8.42 Å². The zero-order valence-electron chi connectivity index (χ0n) is 14.5. The zero-order valence-corrected chi connectivity index (χ0v) is 16.1. The average Bonchev–Trinajstić information content (AvgIpc) is 3.20. The van der Waals surface area contributed by atoms with E-state index in [0.717, 1.165) is 37.2 Å². The normalized spacial score (nSPS) is 27.8. The SMILES string of the molecule is Cl.NC1CCC(c2nc(-c3ccccn3)nn2C2CCS(=O)(=O)C2)CC1. The highest BCUT2D eigenvalue weighted by atomic mass is 35.5. The predicted molar refractivity (Wildman–Crippen MR) is 102 cm³/mol. The summed E-state index contributed by atoms with van der Waals surface area (Å²) in [4.78, 5) is 9.11. The van der Waals surface area contributed by atoms with Crippen molar-refractivity contribution in [3.63, 3.8) is 0 Å². The molecule has 1 saturated heterocycles. The molecular weight excluding hydrogens is 374 g/mol. The van der Waals surface area contributed by atoms with Gasteiger partial charge in [-0.25, -0.2) is 18.1 Å². The largest absolute Gasteiger partial charge is 0.328 e. The molecule has 3 heterocycles. The van der Waals surface area contributed by atoms with Crippen LogP contribution in [0, 0.1) is 0 Å². The number of pyridine rings is 1. The summed E-state index contributed by atoms with van der Waals surface area (Å²) in [5.74, 6) is 2.14. The van der Waals surface area contributed by atoms with Crippen molar-refractivity contribution in [3.05, 3.63) is 30.2 Å². The summed E-state index contributed by atoms with van der Waals surface area (Å²) < 4.78 is 25.7. The van der Waals surface area contributed by atoms with Crippen LogP contribution in [0.4, 0.5) is 0 Å². The smallest absolute Gasteiger partial charge is 0.200 e. The van der Waals surface area contributed by atoms with Crippen molar-refractivity contribution in [2.45, 2.75) is 50.1 Å². The molecular formula is C17H24ClN5O2S. The Morgan fingerprint density at radius 3 is 2.50 bits per heavy atom. The van der Waals surface area contributed by atoms with Gasteiger partial charge in [-0.2, -0.15) is 0 Å². The molecule has 26 heavy (non-hydrogen) atoms. The van der Waals surface area contributed by atoms with Gasteiger partial charge in [0.1, 0.15) is 11.5 Å². The Labute approximate surface area is 159 Å². The van der Waals surface area contributed by atoms with E-state index in [1.54, 1.807) is 6.20 Å². The molecule has 2 N–H and O–H groups in total. The standard InChI is InChI=1S/C17H23N5O2S.ClH/c18-13-6-4-12(5-7-13)17-20-16(15-3-1-2-9-19-15)21-22(17)14-8-10-25(23,24)11-14;/h1-3,9,12-14H,4-8,10-11,18H2;1H. The highest BCUT2D eigenvalue weighted by molar-refractivity contribution is 7.91. The molecule has 142 valence electrons. The number of halogens is 1. The number of aromatic nitrogens is 4. The van der Waals surface area contributed by atoms with Crippen LogP contribution in [0.3, 0.4) is 0 Å². The molecule has 9 heteroatoms. The highest BCUT2D eigenvalue weighted by Crippen LogP contribution is 2.35. The van der Waals surface area contributed by atoms with E-state index in [4.69, 9.17) is 10.7 Å². The second kappa shape index (κ2) is 7.62. The van der Waals surface area contributed by atoms with Crippen molar-refractivity contribution in [2.24, 2.45) is 5.73 Å². The van der Waals surface area contributed by atoms with Gasteiger partial charge in [0.2, 0.25) is 0 Å². The third kappa shape index (κ3) is 3.92. The molecule has 7 nitrogen and oxygen atoms in total. The van der Waals surface area contributed by atoms with Gasteiger partial charge >= 0.3 is 0 Å². The number of nitrogens with zero attached hydrogens (tertiary/aromatic N) is 4. The van der Waals surface area contributed by atoms with Gasteiger partial charge in [0.25, 0.3) is 0 Å². The van der Waals surface area contributed by atoms with Gasteiger partial charge in [-0.15, -0.1) is 17.5 Å². The average molecular weight is 398 g/mol. The Balaban J connectivity index is 0.00000196. The number of rotatable bonds is 3. The molecule has 1 aliphatic heterocycles. The monoisotopic (exact) mass is 397 g/mol. The first-order valence-corrected chi connectivity index (χ1v) is 10.7. The van der Waals surface area contributed by atoms with Crippen LogP contribution in [0.5, 0.6) is 0 Å². The van der Waals surface area contributed by atoms with E-state index in [0.29, 0.717) is 12.2 Å². The first-order valence-electron chi connectivity index (χ1n) is 8.86. The summed E-state index contributed by atoms with van der Waals surface area (Å²) in [5.41, 5.74) is 6.75. The molecule has 0 amide bonds. The van der Waals surface area contributed by atoms with E-state index in [-0.39, 0.29) is 41.9 Å². The molecule has 0 spiro atoms. The summed E-state index contributed by atoms with van der Waals surface area (Å²) in [5, 5.41) is 4.67. The van der Waals surface area contributed by atoms with Crippen LogP contribution in [0.2, 0.25) is 0 Å². The molecule has 1 unspecified atom stereocenters. The molecule has 0 radical (unpaired) electrons. The molecule has 1 atom stereocenters. The lowest BCUT2D eigenvalue weighted by molar-refractivity contribution is 0.359. The van der Waals surface area contributed by atoms with E-state index >= 15 is 0 Å². The second-order valence-electron chi connectivity index (χ2n) is 7.12. The topological polar surface area (TPSA) is 104 Å². The Morgan fingerprint density at radius 2 is 1.88 bits per heavy atom. The quantitative estimate of drug-likeness (QED) is 0.850. The molecule has 2 aromatic rings. The lowest BCUT2D eigenvalue weighted by Gasteiger charge is -2.26. The van der Waals surface area contributed by atoms with E-state index < -0.39 is 9.84 Å². The Morgan fingerprint density at radius 1 is 1.12 bits per heavy atom. The van der Waals surface area contributed by atoms with Gasteiger partial charge in [-0.1, -0.05) is 6.07 Å². The van der Waals surface area contributed by atoms with Crippen LogP contribution in [0.25, 0.3) is 11.5 Å². The number of nitrogens with two attached hydrogens (primary N) is 1. The van der Waals surface area contributed by atoms with E-state index in [1.165, 1.54) is 0 Å². The van der Waals surface area contributed by atoms with Gasteiger partial charge in [0.05, 0.1) is 17.5 Å². The third-order valence-electron chi connectivity index (χ3n) is 5.24. The van der Waals surface area contributed by atoms with Crippen LogP contribution in [0.1, 0.15) is 49.9 Å². The highest BCUT2D eigenvalue weighted by Gasteiger charge is 2.34. The first kappa shape index (κ1) is 19.3. The van der Waals surface area contributed by atoms with E-state index in [2.05, 4.69) is 10.1 Å². The molecule has 0 aromatic carbocycles. The minimum atomic E-state index is -2.98. The molecule has 2 fully saturated rings. The second-order valence-corrected chi connectivity index (χ2v) is 9.35. The summed E-state index contributed by atoms with van der Waals surface area (Å²) in [6, 6.07) is 5.77. The van der Waals surface area contributed by atoms with Crippen LogP contribution in [0.15, 0.2) is 24.4 Å². The minimum absolute atomic E-state index is 0. The molecule has 1 saturated carbocycles. The van der Waals surface area contributed by atoms with Crippen molar-refractivity contribution in [2.75, 3.05) is 11.5 Å². The van der Waals surface area contributed by atoms with Gasteiger partial charge < -0.3 is 5.73 Å². The lowest BCUT2D eigenvalue weighted by atomic mass is 9.86. The third-order valence-corrected chi connectivity index (χ3v) is 6.99. The van der Waals surface area contributed by atoms with Gasteiger partial charge in [-0.05, 0) is 44.2 Å². The fourth-order valence-corrected chi connectivity index (χ4v) is 5.52. The number of hydrogen-bond donors (Lipinski definition) is 1. The minimum Gasteiger partial charge on any atom is -0.328 e. The maximum atomic E-state index is 11.9. The van der Waals surface area contributed by atoms with Crippen LogP contribution >= 0.6 is 12.4 Å². The number of sulfone groups is 1. The maximum Gasteiger partial charge on any atom is 0.200 e. The van der Waals surface area contributed by atoms with Crippen LogP contribution in [-0.2, 0) is 9.84 Å². The zero-order chi connectivity index (χ0) is 17.4. The van der Waals surface area contributed by atoms with Crippen molar-refractivity contribution in [1.29, 1.82) is 0 Å². The van der Waals surface area contributed by atoms with Gasteiger partial charge in [0.15, 0.2) is 15.7 Å². The lowest BCUT2D eigenvalue weighted by Crippen LogP contribution is -2.27. The van der Waals surface area contributed by atoms with E-state index in [9.17, 15) is 8.42 Å². The van der Waals surface area contributed by atoms with Gasteiger partial charge in [0, 0.05) is 18.2 Å². The number of hydrogen-bond acceptors (Lipinski definition) is 6. The van der Waals surface area contributed by atoms with Crippen molar-refractivity contribution in [1.82, 2.24) is 19.7 Å². The molecule has 1 aliphatic carbocycles. The van der Waals surface area contributed by atoms with Crippen molar-refractivity contribution in [3.8, 4) is 11.5 Å². The predicted octanol–water partition coefficient (Wildman–Crippen LogP) is 2.11. The van der Waals surface area contributed by atoms with E-state index in [1.807, 2.05) is 22.9 Å². The Hall–Kier alpha value is -1.51.